The van der Waals surface area contributed by atoms with Gasteiger partial charge in [0.25, 0.3) is 0 Å². The number of nitrogens with one attached hydrogen (secondary N) is 1. The quantitative estimate of drug-likeness (QED) is 0.681. The number of hydrogen-bond acceptors (Lipinski definition) is 3. The van der Waals surface area contributed by atoms with Gasteiger partial charge < -0.3 is 10.2 Å². The number of nitrogens with zero attached hydrogens (tertiary/aromatic N) is 2. The van der Waals surface area contributed by atoms with Crippen LogP contribution >= 0.6 is 11.6 Å². The van der Waals surface area contributed by atoms with Gasteiger partial charge in [0.2, 0.25) is 5.91 Å². The van der Waals surface area contributed by atoms with Gasteiger partial charge in [-0.1, -0.05) is 31.5 Å². The van der Waals surface area contributed by atoms with E-state index >= 15 is 0 Å². The van der Waals surface area contributed by atoms with Crippen molar-refractivity contribution in [2.24, 2.45) is 28.6 Å². The first-order valence-corrected chi connectivity index (χ1v) is 11.6. The normalized spacial score (nSPS) is 43.5. The molecule has 1 aliphatic heterocycles. The molecule has 5 heteroatoms. The zero-order valence-corrected chi connectivity index (χ0v) is 18.5. The molecule has 0 spiro atoms. The number of anilines is 1. The van der Waals surface area contributed by atoms with Crippen molar-refractivity contribution in [1.29, 1.82) is 0 Å². The van der Waals surface area contributed by atoms with E-state index in [4.69, 9.17) is 11.6 Å². The van der Waals surface area contributed by atoms with Crippen LogP contribution in [0, 0.1) is 28.6 Å². The molecule has 0 radical (unpaired) electrons. The van der Waals surface area contributed by atoms with Crippen molar-refractivity contribution < 1.29 is 4.79 Å². The molecule has 1 aromatic heterocycles. The van der Waals surface area contributed by atoms with Gasteiger partial charge >= 0.3 is 0 Å². The van der Waals surface area contributed by atoms with Crippen LogP contribution in [-0.2, 0) is 4.79 Å². The van der Waals surface area contributed by atoms with Crippen LogP contribution in [0.2, 0.25) is 5.15 Å². The third-order valence-electron chi connectivity index (χ3n) is 9.22. The van der Waals surface area contributed by atoms with Gasteiger partial charge in [0.15, 0.2) is 5.15 Å². The summed E-state index contributed by atoms with van der Waals surface area (Å²) in [5.41, 5.74) is 1.38. The van der Waals surface area contributed by atoms with Crippen LogP contribution in [0.1, 0.15) is 52.4 Å². The van der Waals surface area contributed by atoms with Crippen molar-refractivity contribution in [2.75, 3.05) is 12.4 Å². The predicted octanol–water partition coefficient (Wildman–Crippen LogP) is 5.15. The number of pyridine rings is 1. The van der Waals surface area contributed by atoms with E-state index in [1.54, 1.807) is 6.20 Å². The first-order valence-electron chi connectivity index (χ1n) is 11.2. The fourth-order valence-corrected chi connectivity index (χ4v) is 7.83. The second-order valence-corrected chi connectivity index (χ2v) is 10.6. The monoisotopic (exact) mass is 413 g/mol. The zero-order chi connectivity index (χ0) is 20.4. The third-order valence-corrected chi connectivity index (χ3v) is 9.52. The van der Waals surface area contributed by atoms with E-state index in [9.17, 15) is 4.79 Å². The summed E-state index contributed by atoms with van der Waals surface area (Å²) < 4.78 is 0. The molecule has 3 fully saturated rings. The van der Waals surface area contributed by atoms with Crippen molar-refractivity contribution in [3.05, 3.63) is 35.6 Å². The lowest BCUT2D eigenvalue weighted by Crippen LogP contribution is -2.60. The van der Waals surface area contributed by atoms with Gasteiger partial charge in [-0.15, -0.1) is 0 Å². The van der Waals surface area contributed by atoms with E-state index in [1.807, 2.05) is 30.2 Å². The van der Waals surface area contributed by atoms with Crippen LogP contribution in [0.3, 0.4) is 0 Å². The van der Waals surface area contributed by atoms with Gasteiger partial charge in [-0.05, 0) is 79.9 Å². The van der Waals surface area contributed by atoms with Gasteiger partial charge in [-0.3, -0.25) is 4.79 Å². The molecule has 3 saturated carbocycles. The summed E-state index contributed by atoms with van der Waals surface area (Å²) in [7, 11) is 2.00. The van der Waals surface area contributed by atoms with Crippen LogP contribution in [0.4, 0.5) is 5.69 Å². The Morgan fingerprint density at radius 3 is 2.79 bits per heavy atom. The number of fused-ring (bicyclic) bond motifs is 5. The first kappa shape index (κ1) is 19.4. The number of carbonyl (C=O) groups is 1. The number of aromatic nitrogens is 1. The standard InChI is InChI=1S/C24H32ClN3O/c1-23-12-10-17-15(6-9-20-24(17,2)13-11-21(29)28(20)3)16(23)7-8-19(23)27-18-5-4-14-26-22(18)25/h4-5,11,13-17,19-20,27H,6-10,12H2,1-3H3/t15-,16-,17+,19?,20?,23-,24+/m0/s1. The van der Waals surface area contributed by atoms with Crippen molar-refractivity contribution in [1.82, 2.24) is 9.88 Å². The van der Waals surface area contributed by atoms with Gasteiger partial charge in [0.05, 0.1) is 5.69 Å². The van der Waals surface area contributed by atoms with Gasteiger partial charge in [0.1, 0.15) is 0 Å². The molecule has 4 aliphatic rings. The number of amides is 1. The minimum atomic E-state index is 0.116. The average molecular weight is 414 g/mol. The molecule has 1 aromatic rings. The Bertz CT molecular complexity index is 856. The number of carbonyl (C=O) groups excluding carboxylic acids is 1. The molecule has 2 heterocycles. The summed E-state index contributed by atoms with van der Waals surface area (Å²) in [5, 5.41) is 4.33. The zero-order valence-electron chi connectivity index (χ0n) is 17.7. The molecule has 0 bridgehead atoms. The van der Waals surface area contributed by atoms with Gasteiger partial charge in [0, 0.05) is 30.7 Å². The predicted molar refractivity (Wildman–Crippen MR) is 117 cm³/mol. The second-order valence-electron chi connectivity index (χ2n) is 10.3. The van der Waals surface area contributed by atoms with E-state index in [2.05, 4.69) is 30.2 Å². The third kappa shape index (κ3) is 2.78. The maximum atomic E-state index is 12.2. The van der Waals surface area contributed by atoms with E-state index in [0.717, 1.165) is 23.9 Å². The molecule has 3 aliphatic carbocycles. The number of likely N-dealkylation sites (N-methyl/N-ethyl adjacent to an activating group) is 1. The molecule has 7 atom stereocenters. The summed E-state index contributed by atoms with van der Waals surface area (Å²) in [6, 6.07) is 4.81. The van der Waals surface area contributed by atoms with Crippen molar-refractivity contribution in [3.63, 3.8) is 0 Å². The summed E-state index contributed by atoms with van der Waals surface area (Å²) in [5.74, 6) is 2.33. The SMILES string of the molecule is CN1C(=O)C=C[C@@]2(C)C1CC[C@@H]1[C@H]2CC[C@]2(C)C(Nc3cccnc3Cl)CC[C@@H]12. The fourth-order valence-electron chi connectivity index (χ4n) is 7.66. The molecule has 4 nitrogen and oxygen atoms in total. The molecular weight excluding hydrogens is 382 g/mol. The Labute approximate surface area is 179 Å². The van der Waals surface area contributed by atoms with E-state index in [0.29, 0.717) is 28.6 Å². The lowest BCUT2D eigenvalue weighted by atomic mass is 9.48. The second kappa shape index (κ2) is 6.73. The van der Waals surface area contributed by atoms with Crippen LogP contribution in [0.5, 0.6) is 0 Å². The van der Waals surface area contributed by atoms with Crippen molar-refractivity contribution >= 4 is 23.2 Å². The molecule has 5 rings (SSSR count). The van der Waals surface area contributed by atoms with Crippen LogP contribution < -0.4 is 5.32 Å². The highest BCUT2D eigenvalue weighted by molar-refractivity contribution is 6.31. The topological polar surface area (TPSA) is 45.2 Å². The highest BCUT2D eigenvalue weighted by Crippen LogP contribution is 2.64. The molecule has 0 aromatic carbocycles. The largest absolute Gasteiger partial charge is 0.379 e. The lowest BCUT2D eigenvalue weighted by Gasteiger charge is -2.60. The smallest absolute Gasteiger partial charge is 0.246 e. The van der Waals surface area contributed by atoms with E-state index in [-0.39, 0.29) is 11.3 Å². The Morgan fingerprint density at radius 1 is 1.17 bits per heavy atom. The molecule has 1 amide bonds. The van der Waals surface area contributed by atoms with Crippen LogP contribution in [0.15, 0.2) is 30.5 Å². The highest BCUT2D eigenvalue weighted by Gasteiger charge is 2.60. The Kier molecular flexibility index (Phi) is 4.51. The van der Waals surface area contributed by atoms with Crippen molar-refractivity contribution in [3.8, 4) is 0 Å². The van der Waals surface area contributed by atoms with E-state index in [1.165, 1.54) is 32.1 Å². The molecule has 29 heavy (non-hydrogen) atoms. The fraction of sp³-hybridized carbons (Fsp3) is 0.667. The minimum absolute atomic E-state index is 0.116. The Balaban J connectivity index is 1.41. The summed E-state index contributed by atoms with van der Waals surface area (Å²) in [6.45, 7) is 4.92. The Hall–Kier alpha value is -1.55. The summed E-state index contributed by atoms with van der Waals surface area (Å²) in [4.78, 5) is 18.5. The Morgan fingerprint density at radius 2 is 2.00 bits per heavy atom. The maximum absolute atomic E-state index is 12.2. The molecular formula is C24H32ClN3O. The molecule has 2 unspecified atom stereocenters. The average Bonchev–Trinajstić information content (AvgIpc) is 3.03. The van der Waals surface area contributed by atoms with Gasteiger partial charge in [-0.2, -0.15) is 0 Å². The molecule has 1 N–H and O–H groups in total. The number of rotatable bonds is 2. The van der Waals surface area contributed by atoms with Crippen LogP contribution in [-0.4, -0.2) is 34.9 Å². The highest BCUT2D eigenvalue weighted by atomic mass is 35.5. The summed E-state index contributed by atoms with van der Waals surface area (Å²) >= 11 is 6.34. The van der Waals surface area contributed by atoms with Crippen molar-refractivity contribution in [2.45, 2.75) is 64.5 Å². The first-order chi connectivity index (χ1) is 13.8. The van der Waals surface area contributed by atoms with E-state index < -0.39 is 0 Å². The molecule has 156 valence electrons. The lowest BCUT2D eigenvalue weighted by molar-refractivity contribution is -0.138. The molecule has 0 saturated heterocycles. The maximum Gasteiger partial charge on any atom is 0.246 e. The van der Waals surface area contributed by atoms with Gasteiger partial charge in [-0.25, -0.2) is 4.98 Å². The number of hydrogen-bond donors (Lipinski definition) is 1. The number of halogens is 1. The minimum Gasteiger partial charge on any atom is -0.379 e. The summed E-state index contributed by atoms with van der Waals surface area (Å²) in [6.07, 6.45) is 13.2. The van der Waals surface area contributed by atoms with Crippen LogP contribution in [0.25, 0.3) is 0 Å².